The summed E-state index contributed by atoms with van der Waals surface area (Å²) in [5.41, 5.74) is 7.98. The topological polar surface area (TPSA) is 50.1 Å². The first-order chi connectivity index (χ1) is 14.1. The van der Waals surface area contributed by atoms with E-state index in [-0.39, 0.29) is 5.41 Å². The van der Waals surface area contributed by atoms with E-state index in [4.69, 9.17) is 18.0 Å². The van der Waals surface area contributed by atoms with Crippen LogP contribution in [0.2, 0.25) is 0 Å². The Morgan fingerprint density at radius 1 is 1.03 bits per heavy atom. The summed E-state index contributed by atoms with van der Waals surface area (Å²) in [6.07, 6.45) is 11.4. The van der Waals surface area contributed by atoms with Gasteiger partial charge in [0, 0.05) is 17.5 Å². The van der Waals surface area contributed by atoms with Crippen LogP contribution in [0.15, 0.2) is 30.3 Å². The Balaban J connectivity index is 1.39. The number of benzene rings is 1. The summed E-state index contributed by atoms with van der Waals surface area (Å²) in [4.78, 5) is 1.19. The van der Waals surface area contributed by atoms with E-state index < -0.39 is 0 Å². The SMILES string of the molecule is CNC1C2CC3(C(=S)NC4CCC(CN)CC4)CC1CC(c1ccccc1)(C2)C3. The minimum Gasteiger partial charge on any atom is -0.376 e. The van der Waals surface area contributed by atoms with Crippen molar-refractivity contribution in [2.24, 2.45) is 28.9 Å². The molecule has 29 heavy (non-hydrogen) atoms. The van der Waals surface area contributed by atoms with E-state index in [0.29, 0.717) is 17.5 Å². The molecular weight excluding hydrogens is 374 g/mol. The molecule has 0 aromatic heterocycles. The van der Waals surface area contributed by atoms with E-state index in [1.807, 2.05) is 0 Å². The highest BCUT2D eigenvalue weighted by Gasteiger charge is 2.62. The maximum Gasteiger partial charge on any atom is 0.0818 e. The van der Waals surface area contributed by atoms with Gasteiger partial charge in [-0.3, -0.25) is 0 Å². The van der Waals surface area contributed by atoms with Crippen molar-refractivity contribution in [1.29, 1.82) is 0 Å². The van der Waals surface area contributed by atoms with Crippen LogP contribution in [-0.2, 0) is 5.41 Å². The van der Waals surface area contributed by atoms with Gasteiger partial charge in [-0.25, -0.2) is 0 Å². The summed E-state index contributed by atoms with van der Waals surface area (Å²) >= 11 is 6.20. The number of nitrogens with one attached hydrogen (secondary N) is 2. The minimum absolute atomic E-state index is 0.203. The van der Waals surface area contributed by atoms with Crippen molar-refractivity contribution in [3.63, 3.8) is 0 Å². The summed E-state index contributed by atoms with van der Waals surface area (Å²) in [7, 11) is 2.17. The average Bonchev–Trinajstić information content (AvgIpc) is 2.74. The quantitative estimate of drug-likeness (QED) is 0.637. The zero-order valence-electron chi connectivity index (χ0n) is 17.8. The van der Waals surface area contributed by atoms with Crippen LogP contribution in [0, 0.1) is 23.2 Å². The molecule has 6 rings (SSSR count). The molecule has 4 bridgehead atoms. The van der Waals surface area contributed by atoms with Crippen LogP contribution >= 0.6 is 12.2 Å². The molecule has 5 saturated carbocycles. The van der Waals surface area contributed by atoms with Gasteiger partial charge in [0.25, 0.3) is 0 Å². The molecule has 2 unspecified atom stereocenters. The highest BCUT2D eigenvalue weighted by molar-refractivity contribution is 7.80. The summed E-state index contributed by atoms with van der Waals surface area (Å²) in [5.74, 6) is 2.21. The van der Waals surface area contributed by atoms with Gasteiger partial charge >= 0.3 is 0 Å². The fraction of sp³-hybridized carbons (Fsp3) is 0.720. The Morgan fingerprint density at radius 2 is 1.69 bits per heavy atom. The fourth-order valence-corrected chi connectivity index (χ4v) is 8.30. The molecule has 4 N–H and O–H groups in total. The fourth-order valence-electron chi connectivity index (χ4n) is 7.90. The predicted molar refractivity (Wildman–Crippen MR) is 124 cm³/mol. The van der Waals surface area contributed by atoms with Gasteiger partial charge in [-0.2, -0.15) is 0 Å². The van der Waals surface area contributed by atoms with Crippen molar-refractivity contribution in [1.82, 2.24) is 10.6 Å². The van der Waals surface area contributed by atoms with Gasteiger partial charge in [0.05, 0.1) is 4.99 Å². The molecule has 5 fully saturated rings. The summed E-state index contributed by atoms with van der Waals surface area (Å²) in [6.45, 7) is 0.843. The summed E-state index contributed by atoms with van der Waals surface area (Å²) in [5, 5.41) is 7.58. The molecule has 5 aliphatic rings. The molecule has 0 saturated heterocycles. The molecule has 0 heterocycles. The van der Waals surface area contributed by atoms with Crippen LogP contribution in [0.5, 0.6) is 0 Å². The van der Waals surface area contributed by atoms with E-state index in [2.05, 4.69) is 48.0 Å². The monoisotopic (exact) mass is 411 g/mol. The minimum atomic E-state index is 0.203. The van der Waals surface area contributed by atoms with Crippen LogP contribution < -0.4 is 16.4 Å². The van der Waals surface area contributed by atoms with E-state index in [1.54, 1.807) is 5.56 Å². The first-order valence-electron chi connectivity index (χ1n) is 11.8. The molecule has 0 amide bonds. The second kappa shape index (κ2) is 7.62. The molecule has 1 aromatic rings. The van der Waals surface area contributed by atoms with Gasteiger partial charge in [0.1, 0.15) is 0 Å². The van der Waals surface area contributed by atoms with Gasteiger partial charge < -0.3 is 16.4 Å². The molecule has 2 atom stereocenters. The second-order valence-electron chi connectivity index (χ2n) is 10.7. The van der Waals surface area contributed by atoms with Crippen LogP contribution in [0.1, 0.15) is 63.4 Å². The number of nitrogens with two attached hydrogens (primary N) is 1. The first-order valence-corrected chi connectivity index (χ1v) is 12.2. The van der Waals surface area contributed by atoms with Crippen molar-refractivity contribution in [3.8, 4) is 0 Å². The first kappa shape index (κ1) is 20.0. The third kappa shape index (κ3) is 3.36. The maximum atomic E-state index is 6.20. The zero-order valence-corrected chi connectivity index (χ0v) is 18.6. The van der Waals surface area contributed by atoms with Gasteiger partial charge in [-0.1, -0.05) is 42.5 Å². The zero-order chi connectivity index (χ0) is 20.1. The van der Waals surface area contributed by atoms with Crippen molar-refractivity contribution >= 4 is 17.2 Å². The van der Waals surface area contributed by atoms with E-state index in [0.717, 1.165) is 24.3 Å². The largest absolute Gasteiger partial charge is 0.376 e. The maximum absolute atomic E-state index is 6.20. The van der Waals surface area contributed by atoms with Crippen molar-refractivity contribution < 1.29 is 0 Å². The van der Waals surface area contributed by atoms with Crippen LogP contribution in [-0.4, -0.2) is 30.7 Å². The normalized spacial score (nSPS) is 43.3. The summed E-state index contributed by atoms with van der Waals surface area (Å²) in [6, 6.07) is 12.6. The third-order valence-corrected chi connectivity index (χ3v) is 9.57. The Morgan fingerprint density at radius 3 is 2.28 bits per heavy atom. The highest BCUT2D eigenvalue weighted by Crippen LogP contribution is 2.66. The number of rotatable bonds is 5. The molecule has 0 spiro atoms. The van der Waals surface area contributed by atoms with Gasteiger partial charge in [0.15, 0.2) is 0 Å². The molecule has 5 aliphatic carbocycles. The molecule has 1 aromatic carbocycles. The van der Waals surface area contributed by atoms with E-state index in [1.165, 1.54) is 62.8 Å². The lowest BCUT2D eigenvalue weighted by atomic mass is 9.41. The van der Waals surface area contributed by atoms with Crippen molar-refractivity contribution in [2.75, 3.05) is 13.6 Å². The molecular formula is C25H37N3S. The van der Waals surface area contributed by atoms with Crippen molar-refractivity contribution in [2.45, 2.75) is 75.3 Å². The second-order valence-corrected chi connectivity index (χ2v) is 11.1. The Hall–Kier alpha value is -0.970. The van der Waals surface area contributed by atoms with Crippen LogP contribution in [0.4, 0.5) is 0 Å². The molecule has 4 heteroatoms. The number of thiocarbonyl (C=S) groups is 1. The lowest BCUT2D eigenvalue weighted by Gasteiger charge is -2.65. The predicted octanol–water partition coefficient (Wildman–Crippen LogP) is 4.16. The Kier molecular flexibility index (Phi) is 5.24. The number of hydrogen-bond donors (Lipinski definition) is 3. The standard InChI is InChI=1S/C25H37N3S/c1-27-22-18-11-24(20-5-3-2-4-6-20)12-19(22)14-25(13-18,16-24)23(29)28-21-9-7-17(15-26)8-10-21/h2-6,17-19,21-22,27H,7-16,26H2,1H3,(H,28,29). The Bertz CT molecular complexity index is 724. The van der Waals surface area contributed by atoms with Crippen LogP contribution in [0.3, 0.4) is 0 Å². The number of hydrogen-bond acceptors (Lipinski definition) is 3. The molecule has 158 valence electrons. The van der Waals surface area contributed by atoms with Crippen LogP contribution in [0.25, 0.3) is 0 Å². The van der Waals surface area contributed by atoms with Gasteiger partial charge in [0.2, 0.25) is 0 Å². The highest BCUT2D eigenvalue weighted by atomic mass is 32.1. The van der Waals surface area contributed by atoms with E-state index >= 15 is 0 Å². The lowest BCUT2D eigenvalue weighted by Crippen LogP contribution is -2.65. The average molecular weight is 412 g/mol. The lowest BCUT2D eigenvalue weighted by molar-refractivity contribution is -0.0597. The third-order valence-electron chi connectivity index (χ3n) is 9.02. The smallest absolute Gasteiger partial charge is 0.0818 e. The summed E-state index contributed by atoms with van der Waals surface area (Å²) < 4.78 is 0. The Labute approximate surface area is 181 Å². The van der Waals surface area contributed by atoms with Gasteiger partial charge in [-0.05, 0) is 100 Å². The molecule has 0 radical (unpaired) electrons. The van der Waals surface area contributed by atoms with E-state index in [9.17, 15) is 0 Å². The molecule has 3 nitrogen and oxygen atoms in total. The molecule has 0 aliphatic heterocycles. The van der Waals surface area contributed by atoms with Crippen molar-refractivity contribution in [3.05, 3.63) is 35.9 Å². The van der Waals surface area contributed by atoms with Gasteiger partial charge in [-0.15, -0.1) is 0 Å².